The van der Waals surface area contributed by atoms with E-state index < -0.39 is 12.0 Å². The van der Waals surface area contributed by atoms with Crippen LogP contribution in [0.4, 0.5) is 0 Å². The second-order valence-electron chi connectivity index (χ2n) is 10.8. The third kappa shape index (κ3) is 5.30. The summed E-state index contributed by atoms with van der Waals surface area (Å²) in [5.41, 5.74) is 3.01. The Labute approximate surface area is 268 Å². The molecule has 1 aromatic heterocycles. The molecule has 0 saturated carbocycles. The Hall–Kier alpha value is -5.35. The number of thiazole rings is 1. The number of nitrogens with zero attached hydrogens (tertiary/aromatic N) is 2. The normalized spacial score (nSPS) is 15.5. The number of methoxy groups -OCH3 is 1. The maximum atomic E-state index is 14.1. The zero-order valence-electron chi connectivity index (χ0n) is 25.4. The average Bonchev–Trinajstić information content (AvgIpc) is 3.66. The summed E-state index contributed by atoms with van der Waals surface area (Å²) in [7, 11) is 1.59. The van der Waals surface area contributed by atoms with Crippen molar-refractivity contribution in [1.82, 2.24) is 4.57 Å². The number of aromatic nitrogens is 1. The molecule has 2 aliphatic heterocycles. The number of carbonyl (C=O) groups is 1. The van der Waals surface area contributed by atoms with Gasteiger partial charge in [0.05, 0.1) is 35.6 Å². The SMILES string of the molecule is CCOC(=O)C1=C(C)N=c2sc(=Cc3ccc(OCc4cccc5ccccc45)c(OC)c3)c(=O)n2C1c1ccc2c(c1)OCO2. The van der Waals surface area contributed by atoms with Gasteiger partial charge < -0.3 is 23.7 Å². The van der Waals surface area contributed by atoms with Gasteiger partial charge in [0.1, 0.15) is 6.61 Å². The fourth-order valence-corrected chi connectivity index (χ4v) is 6.86. The Morgan fingerprint density at radius 3 is 2.70 bits per heavy atom. The van der Waals surface area contributed by atoms with Crippen LogP contribution in [0.1, 0.15) is 36.6 Å². The quantitative estimate of drug-likeness (QED) is 0.215. The van der Waals surface area contributed by atoms with Crippen molar-refractivity contribution < 1.29 is 28.5 Å². The summed E-state index contributed by atoms with van der Waals surface area (Å²) in [6.07, 6.45) is 1.79. The molecule has 0 aliphatic carbocycles. The molecule has 0 bridgehead atoms. The molecule has 0 saturated heterocycles. The van der Waals surface area contributed by atoms with E-state index in [0.717, 1.165) is 21.9 Å². The first kappa shape index (κ1) is 29.4. The number of esters is 1. The van der Waals surface area contributed by atoms with Gasteiger partial charge in [-0.3, -0.25) is 9.36 Å². The van der Waals surface area contributed by atoms with Crippen molar-refractivity contribution in [2.24, 2.45) is 4.99 Å². The van der Waals surface area contributed by atoms with Crippen LogP contribution in [-0.4, -0.2) is 31.0 Å². The third-order valence-corrected chi connectivity index (χ3v) is 8.96. The van der Waals surface area contributed by atoms with E-state index in [1.54, 1.807) is 43.7 Å². The van der Waals surface area contributed by atoms with Gasteiger partial charge in [0.2, 0.25) is 6.79 Å². The number of allylic oxidation sites excluding steroid dienone is 1. The molecule has 46 heavy (non-hydrogen) atoms. The van der Waals surface area contributed by atoms with Gasteiger partial charge in [-0.05, 0) is 71.7 Å². The largest absolute Gasteiger partial charge is 0.493 e. The highest BCUT2D eigenvalue weighted by atomic mass is 32.1. The highest BCUT2D eigenvalue weighted by molar-refractivity contribution is 7.07. The molecule has 1 atom stereocenters. The van der Waals surface area contributed by atoms with E-state index in [1.165, 1.54) is 11.3 Å². The van der Waals surface area contributed by atoms with Crippen LogP contribution >= 0.6 is 11.3 Å². The summed E-state index contributed by atoms with van der Waals surface area (Å²) >= 11 is 1.25. The topological polar surface area (TPSA) is 97.6 Å². The van der Waals surface area contributed by atoms with Gasteiger partial charge in [0.15, 0.2) is 27.8 Å². The van der Waals surface area contributed by atoms with E-state index >= 15 is 0 Å². The average molecular weight is 635 g/mol. The van der Waals surface area contributed by atoms with Crippen LogP contribution in [0.2, 0.25) is 0 Å². The van der Waals surface area contributed by atoms with Crippen molar-refractivity contribution in [3.05, 3.63) is 127 Å². The van der Waals surface area contributed by atoms with Crippen molar-refractivity contribution >= 4 is 34.2 Å². The molecule has 0 spiro atoms. The second-order valence-corrected chi connectivity index (χ2v) is 11.8. The molecule has 0 N–H and O–H groups in total. The fourth-order valence-electron chi connectivity index (χ4n) is 5.81. The molecule has 0 amide bonds. The predicted molar refractivity (Wildman–Crippen MR) is 174 cm³/mol. The van der Waals surface area contributed by atoms with E-state index in [4.69, 9.17) is 23.7 Å². The van der Waals surface area contributed by atoms with Crippen molar-refractivity contribution in [2.45, 2.75) is 26.5 Å². The van der Waals surface area contributed by atoms with Gasteiger partial charge in [-0.1, -0.05) is 65.9 Å². The van der Waals surface area contributed by atoms with Gasteiger partial charge in [-0.25, -0.2) is 9.79 Å². The van der Waals surface area contributed by atoms with E-state index in [-0.39, 0.29) is 19.0 Å². The molecule has 7 rings (SSSR count). The van der Waals surface area contributed by atoms with E-state index in [2.05, 4.69) is 29.3 Å². The Bertz CT molecular complexity index is 2210. The van der Waals surface area contributed by atoms with Gasteiger partial charge in [-0.15, -0.1) is 0 Å². The van der Waals surface area contributed by atoms with Crippen molar-refractivity contribution in [3.63, 3.8) is 0 Å². The standard InChI is InChI=1S/C36H30N2O7S/c1-4-42-35(40)32-21(2)37-36-38(33(32)24-13-15-28-30(18-24)45-20-44-28)34(39)31(46-36)17-22-12-14-27(29(16-22)41-3)43-19-25-10-7-9-23-8-5-6-11-26(23)25/h5-18,33H,4,19-20H2,1-3H3. The zero-order valence-corrected chi connectivity index (χ0v) is 26.3. The lowest BCUT2D eigenvalue weighted by Crippen LogP contribution is -2.39. The molecule has 4 aromatic carbocycles. The Kier molecular flexibility index (Phi) is 7.79. The number of hydrogen-bond donors (Lipinski definition) is 0. The number of hydrogen-bond acceptors (Lipinski definition) is 9. The Morgan fingerprint density at radius 1 is 1.02 bits per heavy atom. The first-order chi connectivity index (χ1) is 22.4. The van der Waals surface area contributed by atoms with Gasteiger partial charge in [-0.2, -0.15) is 0 Å². The second kappa shape index (κ2) is 12.2. The lowest BCUT2D eigenvalue weighted by molar-refractivity contribution is -0.139. The Balaban J connectivity index is 1.25. The molecule has 1 unspecified atom stereocenters. The minimum atomic E-state index is -0.758. The summed E-state index contributed by atoms with van der Waals surface area (Å²) in [6.45, 7) is 4.17. The maximum absolute atomic E-state index is 14.1. The highest BCUT2D eigenvalue weighted by Crippen LogP contribution is 2.38. The van der Waals surface area contributed by atoms with Crippen LogP contribution < -0.4 is 33.8 Å². The first-order valence-corrected chi connectivity index (χ1v) is 15.6. The molecule has 9 nitrogen and oxygen atoms in total. The summed E-state index contributed by atoms with van der Waals surface area (Å²) < 4.78 is 30.4. The van der Waals surface area contributed by atoms with Crippen LogP contribution in [0, 0.1) is 0 Å². The first-order valence-electron chi connectivity index (χ1n) is 14.8. The Morgan fingerprint density at radius 2 is 1.85 bits per heavy atom. The molecule has 3 heterocycles. The van der Waals surface area contributed by atoms with Gasteiger partial charge in [0.25, 0.3) is 5.56 Å². The van der Waals surface area contributed by atoms with Crippen molar-refractivity contribution in [2.75, 3.05) is 20.5 Å². The zero-order chi connectivity index (χ0) is 31.8. The lowest BCUT2D eigenvalue weighted by atomic mass is 9.95. The fraction of sp³-hybridized carbons (Fsp3) is 0.194. The van der Waals surface area contributed by atoms with Crippen LogP contribution in [0.25, 0.3) is 16.8 Å². The van der Waals surface area contributed by atoms with E-state index in [0.29, 0.717) is 55.8 Å². The number of fused-ring (bicyclic) bond motifs is 3. The van der Waals surface area contributed by atoms with Gasteiger partial charge >= 0.3 is 5.97 Å². The molecule has 232 valence electrons. The number of benzene rings is 4. The summed E-state index contributed by atoms with van der Waals surface area (Å²) in [5, 5.41) is 2.29. The number of ether oxygens (including phenoxy) is 5. The molecule has 2 aliphatic rings. The van der Waals surface area contributed by atoms with Crippen LogP contribution in [0.5, 0.6) is 23.0 Å². The number of carbonyl (C=O) groups excluding carboxylic acids is 1. The minimum absolute atomic E-state index is 0.109. The lowest BCUT2D eigenvalue weighted by Gasteiger charge is -2.24. The minimum Gasteiger partial charge on any atom is -0.493 e. The number of rotatable bonds is 8. The third-order valence-electron chi connectivity index (χ3n) is 7.98. The highest BCUT2D eigenvalue weighted by Gasteiger charge is 2.34. The van der Waals surface area contributed by atoms with E-state index in [9.17, 15) is 9.59 Å². The molecular weight excluding hydrogens is 604 g/mol. The smallest absolute Gasteiger partial charge is 0.338 e. The summed E-state index contributed by atoms with van der Waals surface area (Å²) in [5.74, 6) is 1.76. The molecule has 0 radical (unpaired) electrons. The monoisotopic (exact) mass is 634 g/mol. The molecule has 5 aromatic rings. The van der Waals surface area contributed by atoms with E-state index in [1.807, 2.05) is 42.5 Å². The van der Waals surface area contributed by atoms with Crippen LogP contribution in [-0.2, 0) is 16.1 Å². The molecule has 10 heteroatoms. The van der Waals surface area contributed by atoms with Crippen LogP contribution in [0.15, 0.2) is 99.9 Å². The molecule has 0 fully saturated rings. The van der Waals surface area contributed by atoms with Crippen molar-refractivity contribution in [3.8, 4) is 23.0 Å². The summed E-state index contributed by atoms with van der Waals surface area (Å²) in [4.78, 5) is 32.4. The molecular formula is C36H30N2O7S. The van der Waals surface area contributed by atoms with Crippen LogP contribution in [0.3, 0.4) is 0 Å². The van der Waals surface area contributed by atoms with Crippen molar-refractivity contribution in [1.29, 1.82) is 0 Å². The maximum Gasteiger partial charge on any atom is 0.338 e. The predicted octanol–water partition coefficient (Wildman–Crippen LogP) is 5.27. The van der Waals surface area contributed by atoms with Gasteiger partial charge in [0, 0.05) is 0 Å². The summed E-state index contributed by atoms with van der Waals surface area (Å²) in [6, 6.07) is 24.5.